The molecule has 4 nitrogen and oxygen atoms in total. The van der Waals surface area contributed by atoms with Crippen molar-refractivity contribution in [3.63, 3.8) is 0 Å². The average Bonchev–Trinajstić information content (AvgIpc) is 2.69. The van der Waals surface area contributed by atoms with Gasteiger partial charge in [0.05, 0.1) is 6.20 Å². The zero-order chi connectivity index (χ0) is 12.5. The zero-order valence-corrected chi connectivity index (χ0v) is 11.4. The Morgan fingerprint density at radius 1 is 1.18 bits per heavy atom. The van der Waals surface area contributed by atoms with Crippen LogP contribution in [0.15, 0.2) is 34.7 Å². The molecule has 0 bridgehead atoms. The molecule has 2 aromatic rings. The lowest BCUT2D eigenvalue weighted by atomic mass is 10.3. The molecule has 0 radical (unpaired) electrons. The fourth-order valence-electron chi connectivity index (χ4n) is 1.09. The van der Waals surface area contributed by atoms with Crippen LogP contribution in [0.1, 0.15) is 0 Å². The van der Waals surface area contributed by atoms with E-state index in [9.17, 15) is 8.42 Å². The van der Waals surface area contributed by atoms with E-state index < -0.39 is 10.0 Å². The van der Waals surface area contributed by atoms with Crippen molar-refractivity contribution in [2.24, 2.45) is 0 Å². The van der Waals surface area contributed by atoms with Gasteiger partial charge in [-0.15, -0.1) is 0 Å². The maximum absolute atomic E-state index is 11.9. The number of benzene rings is 1. The maximum atomic E-state index is 11.9. The Morgan fingerprint density at radius 3 is 2.35 bits per heavy atom. The second-order valence-corrected chi connectivity index (χ2v) is 7.00. The molecule has 17 heavy (non-hydrogen) atoms. The van der Waals surface area contributed by atoms with Crippen molar-refractivity contribution >= 4 is 50.2 Å². The Bertz CT molecular complexity index is 623. The summed E-state index contributed by atoms with van der Waals surface area (Å²) in [6, 6.07) is 6.34. The summed E-state index contributed by atoms with van der Waals surface area (Å²) in [6.45, 7) is 0. The Labute approximate surface area is 112 Å². The first kappa shape index (κ1) is 12.6. The van der Waals surface area contributed by atoms with Crippen molar-refractivity contribution in [2.45, 2.75) is 4.21 Å². The highest BCUT2D eigenvalue weighted by Gasteiger charge is 2.17. The Morgan fingerprint density at radius 2 is 1.82 bits per heavy atom. The Hall–Kier alpha value is -0.820. The summed E-state index contributed by atoms with van der Waals surface area (Å²) in [5, 5.41) is 0.536. The predicted octanol–water partition coefficient (Wildman–Crippen LogP) is 3.25. The molecule has 0 unspecified atom stereocenters. The van der Waals surface area contributed by atoms with Crippen LogP contribution in [0.5, 0.6) is 0 Å². The van der Waals surface area contributed by atoms with Crippen LogP contribution in [0, 0.1) is 0 Å². The molecule has 0 amide bonds. The third-order valence-corrected chi connectivity index (χ3v) is 5.03. The first-order valence-electron chi connectivity index (χ1n) is 4.37. The SMILES string of the molecule is O=S(=O)(Nc1ccc(Cl)cc1)c1cnc(Cl)s1. The van der Waals surface area contributed by atoms with Crippen molar-refractivity contribution in [3.8, 4) is 0 Å². The molecule has 0 aliphatic heterocycles. The number of hydrogen-bond acceptors (Lipinski definition) is 4. The summed E-state index contributed by atoms with van der Waals surface area (Å²) in [7, 11) is -3.63. The van der Waals surface area contributed by atoms with Gasteiger partial charge in [0.2, 0.25) is 0 Å². The molecule has 0 saturated carbocycles. The van der Waals surface area contributed by atoms with Crippen molar-refractivity contribution in [3.05, 3.63) is 40.0 Å². The molecular weight excluding hydrogens is 303 g/mol. The Kier molecular flexibility index (Phi) is 3.58. The number of hydrogen-bond donors (Lipinski definition) is 1. The summed E-state index contributed by atoms with van der Waals surface area (Å²) < 4.78 is 26.4. The smallest absolute Gasteiger partial charge is 0.273 e. The van der Waals surface area contributed by atoms with Gasteiger partial charge in [-0.05, 0) is 24.3 Å². The highest BCUT2D eigenvalue weighted by molar-refractivity contribution is 7.94. The van der Waals surface area contributed by atoms with Gasteiger partial charge < -0.3 is 0 Å². The highest BCUT2D eigenvalue weighted by atomic mass is 35.5. The number of thiazole rings is 1. The summed E-state index contributed by atoms with van der Waals surface area (Å²) in [5.41, 5.74) is 0.430. The fraction of sp³-hybridized carbons (Fsp3) is 0. The van der Waals surface area contributed by atoms with Gasteiger partial charge in [0.15, 0.2) is 8.68 Å². The third kappa shape index (κ3) is 3.10. The molecule has 90 valence electrons. The quantitative estimate of drug-likeness (QED) is 0.947. The van der Waals surface area contributed by atoms with E-state index in [2.05, 4.69) is 9.71 Å². The summed E-state index contributed by atoms with van der Waals surface area (Å²) in [5.74, 6) is 0. The van der Waals surface area contributed by atoms with Gasteiger partial charge in [-0.2, -0.15) is 0 Å². The molecule has 0 aliphatic rings. The summed E-state index contributed by atoms with van der Waals surface area (Å²) in [6.07, 6.45) is 1.21. The molecule has 1 N–H and O–H groups in total. The van der Waals surface area contributed by atoms with Gasteiger partial charge in [0.25, 0.3) is 10.0 Å². The van der Waals surface area contributed by atoms with Crippen LogP contribution < -0.4 is 4.72 Å². The number of halogens is 2. The average molecular weight is 309 g/mol. The van der Waals surface area contributed by atoms with Gasteiger partial charge in [0.1, 0.15) is 0 Å². The van der Waals surface area contributed by atoms with Crippen LogP contribution in [-0.2, 0) is 10.0 Å². The van der Waals surface area contributed by atoms with Gasteiger partial charge in [0, 0.05) is 10.7 Å². The van der Waals surface area contributed by atoms with Gasteiger partial charge >= 0.3 is 0 Å². The van der Waals surface area contributed by atoms with Crippen LogP contribution in [-0.4, -0.2) is 13.4 Å². The van der Waals surface area contributed by atoms with E-state index in [1.807, 2.05) is 0 Å². The maximum Gasteiger partial charge on any atom is 0.273 e. The van der Waals surface area contributed by atoms with Crippen LogP contribution in [0.25, 0.3) is 0 Å². The van der Waals surface area contributed by atoms with E-state index in [-0.39, 0.29) is 8.68 Å². The first-order chi connectivity index (χ1) is 7.97. The first-order valence-corrected chi connectivity index (χ1v) is 7.43. The van der Waals surface area contributed by atoms with E-state index >= 15 is 0 Å². The van der Waals surface area contributed by atoms with Crippen LogP contribution >= 0.6 is 34.5 Å². The topological polar surface area (TPSA) is 59.1 Å². The molecule has 8 heteroatoms. The van der Waals surface area contributed by atoms with Crippen molar-refractivity contribution in [1.82, 2.24) is 4.98 Å². The summed E-state index contributed by atoms with van der Waals surface area (Å²) >= 11 is 12.2. The minimum atomic E-state index is -3.63. The monoisotopic (exact) mass is 308 g/mol. The lowest BCUT2D eigenvalue weighted by Gasteiger charge is -2.05. The van der Waals surface area contributed by atoms with Crippen LogP contribution in [0.4, 0.5) is 5.69 Å². The lowest BCUT2D eigenvalue weighted by Crippen LogP contribution is -2.11. The van der Waals surface area contributed by atoms with E-state index in [1.165, 1.54) is 6.20 Å². The largest absolute Gasteiger partial charge is 0.279 e. The molecule has 0 fully saturated rings. The van der Waals surface area contributed by atoms with Gasteiger partial charge in [-0.3, -0.25) is 4.72 Å². The molecule has 0 spiro atoms. The minimum Gasteiger partial charge on any atom is -0.279 e. The fourth-order valence-corrected chi connectivity index (χ4v) is 3.56. The van der Waals surface area contributed by atoms with Crippen molar-refractivity contribution < 1.29 is 8.42 Å². The molecular formula is C9H6Cl2N2O2S2. The molecule has 1 aromatic carbocycles. The highest BCUT2D eigenvalue weighted by Crippen LogP contribution is 2.25. The van der Waals surface area contributed by atoms with Crippen molar-refractivity contribution in [2.75, 3.05) is 4.72 Å². The van der Waals surface area contributed by atoms with Crippen LogP contribution in [0.3, 0.4) is 0 Å². The van der Waals surface area contributed by atoms with Crippen LogP contribution in [0.2, 0.25) is 9.49 Å². The minimum absolute atomic E-state index is 0.0671. The van der Waals surface area contributed by atoms with E-state index in [1.54, 1.807) is 24.3 Å². The number of nitrogens with zero attached hydrogens (tertiary/aromatic N) is 1. The Balaban J connectivity index is 2.26. The third-order valence-electron chi connectivity index (χ3n) is 1.82. The molecule has 1 aromatic heterocycles. The number of sulfonamides is 1. The molecule has 0 aliphatic carbocycles. The molecule has 0 saturated heterocycles. The molecule has 2 rings (SSSR count). The number of nitrogens with one attached hydrogen (secondary N) is 1. The summed E-state index contributed by atoms with van der Waals surface area (Å²) in [4.78, 5) is 3.68. The number of aromatic nitrogens is 1. The van der Waals surface area contributed by atoms with Gasteiger partial charge in [-0.1, -0.05) is 34.5 Å². The molecule has 1 heterocycles. The standard InChI is InChI=1S/C9H6Cl2N2O2S2/c10-6-1-3-7(4-2-6)13-17(14,15)8-5-12-9(11)16-8/h1-5,13H. The zero-order valence-electron chi connectivity index (χ0n) is 8.22. The predicted molar refractivity (Wildman–Crippen MR) is 69.4 cm³/mol. The lowest BCUT2D eigenvalue weighted by molar-refractivity contribution is 0.603. The number of rotatable bonds is 3. The second-order valence-electron chi connectivity index (χ2n) is 3.04. The number of anilines is 1. The molecule has 0 atom stereocenters. The van der Waals surface area contributed by atoms with Crippen molar-refractivity contribution in [1.29, 1.82) is 0 Å². The second kappa shape index (κ2) is 4.81. The normalized spacial score (nSPS) is 11.4. The van der Waals surface area contributed by atoms with Gasteiger partial charge in [-0.25, -0.2) is 13.4 Å². The van der Waals surface area contributed by atoms with E-state index in [4.69, 9.17) is 23.2 Å². The van der Waals surface area contributed by atoms with E-state index in [0.717, 1.165) is 11.3 Å². The van der Waals surface area contributed by atoms with E-state index in [0.29, 0.717) is 10.7 Å².